The summed E-state index contributed by atoms with van der Waals surface area (Å²) >= 11 is 0. The summed E-state index contributed by atoms with van der Waals surface area (Å²) in [5, 5.41) is 5.89. The third kappa shape index (κ3) is 2.01. The zero-order chi connectivity index (χ0) is 10.7. The number of benzene rings is 1. The Morgan fingerprint density at radius 1 is 1.27 bits per heavy atom. The highest BCUT2D eigenvalue weighted by atomic mass is 16.5. The van der Waals surface area contributed by atoms with Gasteiger partial charge in [0.25, 0.3) is 0 Å². The third-order valence-electron chi connectivity index (χ3n) is 1.95. The first-order valence-corrected chi connectivity index (χ1v) is 4.36. The summed E-state index contributed by atoms with van der Waals surface area (Å²) in [6, 6.07) is 7.25. The number of nitrogens with zero attached hydrogens (tertiary/aromatic N) is 2. The van der Waals surface area contributed by atoms with E-state index in [-0.39, 0.29) is 0 Å². The molecule has 1 N–H and O–H groups in total. The Hall–Kier alpha value is -2.17. The van der Waals surface area contributed by atoms with Crippen LogP contribution in [0.15, 0.2) is 35.3 Å². The van der Waals surface area contributed by atoms with Crippen molar-refractivity contribution >= 4 is 0 Å². The van der Waals surface area contributed by atoms with Crippen LogP contribution in [0, 0.1) is 0 Å². The molecule has 0 fully saturated rings. The van der Waals surface area contributed by atoms with Crippen LogP contribution in [0.3, 0.4) is 0 Å². The van der Waals surface area contributed by atoms with Gasteiger partial charge in [0.05, 0.1) is 19.0 Å². The van der Waals surface area contributed by atoms with Crippen LogP contribution in [0.25, 0.3) is 11.3 Å². The molecule has 0 radical (unpaired) electrons. The van der Waals surface area contributed by atoms with Gasteiger partial charge in [0, 0.05) is 5.56 Å². The summed E-state index contributed by atoms with van der Waals surface area (Å²) < 4.78 is 5.02. The Bertz CT molecular complexity index is 505. The molecule has 0 bridgehead atoms. The minimum absolute atomic E-state index is 0.455. The highest BCUT2D eigenvalue weighted by molar-refractivity contribution is 5.58. The molecule has 5 nitrogen and oxygen atoms in total. The molecule has 0 atom stereocenters. The number of H-pyrrole nitrogens is 1. The van der Waals surface area contributed by atoms with Crippen LogP contribution in [-0.4, -0.2) is 22.3 Å². The second-order valence-corrected chi connectivity index (χ2v) is 2.90. The van der Waals surface area contributed by atoms with E-state index in [1.54, 1.807) is 19.2 Å². The molecule has 5 heteroatoms. The highest BCUT2D eigenvalue weighted by Crippen LogP contribution is 2.18. The fraction of sp³-hybridized carbons (Fsp3) is 0.100. The number of rotatable bonds is 2. The summed E-state index contributed by atoms with van der Waals surface area (Å²) in [7, 11) is 1.60. The second kappa shape index (κ2) is 3.91. The van der Waals surface area contributed by atoms with Crippen molar-refractivity contribution in [3.63, 3.8) is 0 Å². The number of nitrogens with one attached hydrogen (secondary N) is 1. The predicted octanol–water partition coefficient (Wildman–Crippen LogP) is 0.840. The van der Waals surface area contributed by atoms with Crippen LogP contribution >= 0.6 is 0 Å². The van der Waals surface area contributed by atoms with Gasteiger partial charge >= 0.3 is 5.69 Å². The van der Waals surface area contributed by atoms with Gasteiger partial charge in [-0.05, 0) is 24.3 Å². The molecule has 76 valence electrons. The van der Waals surface area contributed by atoms with Crippen LogP contribution in [0.5, 0.6) is 5.75 Å². The number of aromatic amines is 1. The molecule has 0 saturated heterocycles. The molecule has 1 aromatic carbocycles. The Kier molecular flexibility index (Phi) is 2.45. The average Bonchev–Trinajstić information content (AvgIpc) is 2.29. The third-order valence-corrected chi connectivity index (χ3v) is 1.95. The van der Waals surface area contributed by atoms with Gasteiger partial charge in [-0.25, -0.2) is 9.89 Å². The Morgan fingerprint density at radius 2 is 2.00 bits per heavy atom. The number of hydrogen-bond donors (Lipinski definition) is 1. The molecular weight excluding hydrogens is 194 g/mol. The lowest BCUT2D eigenvalue weighted by Crippen LogP contribution is -2.11. The average molecular weight is 203 g/mol. The summed E-state index contributed by atoms with van der Waals surface area (Å²) in [6.07, 6.45) is 1.50. The molecule has 2 rings (SSSR count). The fourth-order valence-corrected chi connectivity index (χ4v) is 1.21. The van der Waals surface area contributed by atoms with Crippen LogP contribution < -0.4 is 10.4 Å². The molecule has 0 aliphatic rings. The van der Waals surface area contributed by atoms with Crippen molar-refractivity contribution in [2.45, 2.75) is 0 Å². The standard InChI is InChI=1S/C10H9N3O2/c1-15-8-4-2-7(3-5-8)9-6-11-13-10(14)12-9/h2-6H,1H3,(H,12,13,14). The lowest BCUT2D eigenvalue weighted by atomic mass is 10.1. The van der Waals surface area contributed by atoms with Crippen molar-refractivity contribution in [2.24, 2.45) is 0 Å². The smallest absolute Gasteiger partial charge is 0.361 e. The first-order chi connectivity index (χ1) is 7.29. The molecule has 15 heavy (non-hydrogen) atoms. The Morgan fingerprint density at radius 3 is 2.60 bits per heavy atom. The molecule has 0 aliphatic carbocycles. The molecule has 0 unspecified atom stereocenters. The van der Waals surface area contributed by atoms with E-state index in [9.17, 15) is 4.79 Å². The van der Waals surface area contributed by atoms with Gasteiger partial charge < -0.3 is 4.74 Å². The molecule has 1 aromatic heterocycles. The number of methoxy groups -OCH3 is 1. The van der Waals surface area contributed by atoms with Crippen LogP contribution in [-0.2, 0) is 0 Å². The quantitative estimate of drug-likeness (QED) is 0.785. The fourth-order valence-electron chi connectivity index (χ4n) is 1.21. The highest BCUT2D eigenvalue weighted by Gasteiger charge is 2.00. The zero-order valence-electron chi connectivity index (χ0n) is 8.10. The van der Waals surface area contributed by atoms with Crippen molar-refractivity contribution in [3.05, 3.63) is 40.9 Å². The van der Waals surface area contributed by atoms with Crippen molar-refractivity contribution in [2.75, 3.05) is 7.11 Å². The van der Waals surface area contributed by atoms with Gasteiger partial charge in [-0.15, -0.1) is 0 Å². The van der Waals surface area contributed by atoms with Crippen molar-refractivity contribution in [1.82, 2.24) is 15.2 Å². The largest absolute Gasteiger partial charge is 0.497 e. The predicted molar refractivity (Wildman–Crippen MR) is 54.6 cm³/mol. The van der Waals surface area contributed by atoms with Gasteiger partial charge in [0.15, 0.2) is 0 Å². The van der Waals surface area contributed by atoms with E-state index in [1.165, 1.54) is 6.20 Å². The van der Waals surface area contributed by atoms with Crippen molar-refractivity contribution < 1.29 is 4.74 Å². The van der Waals surface area contributed by atoms with Crippen molar-refractivity contribution in [3.8, 4) is 17.0 Å². The van der Waals surface area contributed by atoms with Crippen LogP contribution in [0.1, 0.15) is 0 Å². The maximum absolute atomic E-state index is 10.9. The van der Waals surface area contributed by atoms with Gasteiger partial charge in [-0.2, -0.15) is 10.1 Å². The first kappa shape index (κ1) is 9.39. The summed E-state index contributed by atoms with van der Waals surface area (Å²) in [5.41, 5.74) is 0.916. The van der Waals surface area contributed by atoms with Gasteiger partial charge in [0.2, 0.25) is 0 Å². The molecule has 2 aromatic rings. The molecule has 0 spiro atoms. The summed E-state index contributed by atoms with van der Waals surface area (Å²) in [4.78, 5) is 14.7. The van der Waals surface area contributed by atoms with E-state index in [0.29, 0.717) is 5.69 Å². The Balaban J connectivity index is 2.41. The number of aromatic nitrogens is 3. The lowest BCUT2D eigenvalue weighted by molar-refractivity contribution is 0.415. The number of hydrogen-bond acceptors (Lipinski definition) is 4. The molecule has 0 aliphatic heterocycles. The minimum atomic E-state index is -0.455. The van der Waals surface area contributed by atoms with E-state index in [4.69, 9.17) is 4.74 Å². The number of ether oxygens (including phenoxy) is 1. The van der Waals surface area contributed by atoms with E-state index in [0.717, 1.165) is 11.3 Å². The van der Waals surface area contributed by atoms with Gasteiger partial charge in [-0.1, -0.05) is 0 Å². The lowest BCUT2D eigenvalue weighted by Gasteiger charge is -2.01. The van der Waals surface area contributed by atoms with E-state index in [1.807, 2.05) is 12.1 Å². The zero-order valence-corrected chi connectivity index (χ0v) is 8.10. The normalized spacial score (nSPS) is 9.93. The SMILES string of the molecule is COc1ccc(-c2cn[nH]c(=O)n2)cc1. The maximum Gasteiger partial charge on any atom is 0.361 e. The molecule has 1 heterocycles. The van der Waals surface area contributed by atoms with E-state index >= 15 is 0 Å². The summed E-state index contributed by atoms with van der Waals surface area (Å²) in [6.45, 7) is 0. The van der Waals surface area contributed by atoms with Crippen LogP contribution in [0.4, 0.5) is 0 Å². The monoisotopic (exact) mass is 203 g/mol. The topological polar surface area (TPSA) is 67.9 Å². The van der Waals surface area contributed by atoms with Gasteiger partial charge in [-0.3, -0.25) is 0 Å². The van der Waals surface area contributed by atoms with Crippen LogP contribution in [0.2, 0.25) is 0 Å². The Labute approximate surface area is 85.8 Å². The maximum atomic E-state index is 10.9. The minimum Gasteiger partial charge on any atom is -0.497 e. The molecular formula is C10H9N3O2. The first-order valence-electron chi connectivity index (χ1n) is 4.36. The molecule has 0 amide bonds. The molecule has 0 saturated carbocycles. The summed E-state index contributed by atoms with van der Waals surface area (Å²) in [5.74, 6) is 0.761. The van der Waals surface area contributed by atoms with Gasteiger partial charge in [0.1, 0.15) is 5.75 Å². The second-order valence-electron chi connectivity index (χ2n) is 2.90. The van der Waals surface area contributed by atoms with E-state index in [2.05, 4.69) is 15.2 Å². The van der Waals surface area contributed by atoms with Crippen molar-refractivity contribution in [1.29, 1.82) is 0 Å². The van der Waals surface area contributed by atoms with E-state index < -0.39 is 5.69 Å².